The minimum absolute atomic E-state index is 0.425. The summed E-state index contributed by atoms with van der Waals surface area (Å²) in [6.45, 7) is 4.15. The van der Waals surface area contributed by atoms with Gasteiger partial charge in [-0.2, -0.15) is 0 Å². The van der Waals surface area contributed by atoms with E-state index < -0.39 is 5.41 Å². The lowest BCUT2D eigenvalue weighted by molar-refractivity contribution is 0.595. The van der Waals surface area contributed by atoms with E-state index in [1.807, 2.05) is 62.3 Å². The summed E-state index contributed by atoms with van der Waals surface area (Å²) in [4.78, 5) is 13.0. The molecule has 0 saturated heterocycles. The van der Waals surface area contributed by atoms with Crippen molar-refractivity contribution in [2.45, 2.75) is 19.3 Å². The van der Waals surface area contributed by atoms with E-state index in [9.17, 15) is 0 Å². The zero-order valence-electron chi connectivity index (χ0n) is 14.4. The first kappa shape index (κ1) is 17.8. The van der Waals surface area contributed by atoms with Crippen LogP contribution in [0, 0.1) is 0 Å². The highest BCUT2D eigenvalue weighted by Crippen LogP contribution is 2.34. The van der Waals surface area contributed by atoms with Crippen LogP contribution in [0.15, 0.2) is 24.3 Å². The monoisotopic (exact) mass is 352 g/mol. The van der Waals surface area contributed by atoms with Gasteiger partial charge in [-0.15, -0.1) is 0 Å². The topological polar surface area (TPSA) is 32.3 Å². The van der Waals surface area contributed by atoms with Gasteiger partial charge in [0.15, 0.2) is 0 Å². The second kappa shape index (κ2) is 6.54. The standard InChI is InChI=1S/C17H22Cl2N4/c1-17(2,13-7-11(22(3)4)9-15(18)20-13)14-8-12(23(5)6)10-16(19)21-14/h7-10H,1-6H3. The van der Waals surface area contributed by atoms with Gasteiger partial charge >= 0.3 is 0 Å². The van der Waals surface area contributed by atoms with Crippen molar-refractivity contribution in [1.82, 2.24) is 9.97 Å². The molecule has 0 spiro atoms. The third-order valence-electron chi connectivity index (χ3n) is 3.87. The fourth-order valence-electron chi connectivity index (χ4n) is 2.25. The summed E-state index contributed by atoms with van der Waals surface area (Å²) < 4.78 is 0. The Hall–Kier alpha value is -1.52. The Morgan fingerprint density at radius 2 is 1.09 bits per heavy atom. The smallest absolute Gasteiger partial charge is 0.131 e. The van der Waals surface area contributed by atoms with E-state index in [-0.39, 0.29) is 0 Å². The maximum atomic E-state index is 6.21. The van der Waals surface area contributed by atoms with E-state index in [2.05, 4.69) is 23.8 Å². The molecule has 0 atom stereocenters. The molecule has 2 aromatic rings. The Kier molecular flexibility index (Phi) is 5.07. The van der Waals surface area contributed by atoms with E-state index >= 15 is 0 Å². The summed E-state index contributed by atoms with van der Waals surface area (Å²) in [6, 6.07) is 7.75. The van der Waals surface area contributed by atoms with E-state index in [1.165, 1.54) is 0 Å². The van der Waals surface area contributed by atoms with Gasteiger partial charge in [-0.25, -0.2) is 9.97 Å². The van der Waals surface area contributed by atoms with Crippen LogP contribution in [0.4, 0.5) is 11.4 Å². The molecule has 0 N–H and O–H groups in total. The Morgan fingerprint density at radius 3 is 1.39 bits per heavy atom. The van der Waals surface area contributed by atoms with Gasteiger partial charge in [0, 0.05) is 45.0 Å². The second-order valence-electron chi connectivity index (χ2n) is 6.48. The quantitative estimate of drug-likeness (QED) is 0.770. The van der Waals surface area contributed by atoms with Gasteiger partial charge < -0.3 is 9.80 Å². The van der Waals surface area contributed by atoms with Crippen molar-refractivity contribution in [1.29, 1.82) is 0 Å². The highest BCUT2D eigenvalue weighted by Gasteiger charge is 2.28. The Morgan fingerprint density at radius 1 is 0.739 bits per heavy atom. The largest absolute Gasteiger partial charge is 0.378 e. The molecule has 0 radical (unpaired) electrons. The van der Waals surface area contributed by atoms with Crippen LogP contribution < -0.4 is 9.80 Å². The van der Waals surface area contributed by atoms with Crippen LogP contribution in [0.2, 0.25) is 10.3 Å². The number of halogens is 2. The van der Waals surface area contributed by atoms with Crippen LogP contribution in [0.5, 0.6) is 0 Å². The third kappa shape index (κ3) is 3.88. The van der Waals surface area contributed by atoms with Crippen LogP contribution in [-0.4, -0.2) is 38.2 Å². The number of aromatic nitrogens is 2. The fraction of sp³-hybridized carbons (Fsp3) is 0.412. The molecule has 2 rings (SSSR count). The van der Waals surface area contributed by atoms with Crippen LogP contribution in [0.3, 0.4) is 0 Å². The van der Waals surface area contributed by atoms with Gasteiger partial charge in [-0.3, -0.25) is 0 Å². The molecule has 124 valence electrons. The first-order valence-electron chi connectivity index (χ1n) is 7.32. The lowest BCUT2D eigenvalue weighted by Gasteiger charge is -2.27. The number of hydrogen-bond donors (Lipinski definition) is 0. The summed E-state index contributed by atoms with van der Waals surface area (Å²) in [5.41, 5.74) is 3.29. The van der Waals surface area contributed by atoms with Crippen molar-refractivity contribution in [3.05, 3.63) is 46.0 Å². The van der Waals surface area contributed by atoms with Gasteiger partial charge in [-0.1, -0.05) is 23.2 Å². The molecule has 0 saturated carbocycles. The van der Waals surface area contributed by atoms with E-state index in [1.54, 1.807) is 0 Å². The lowest BCUT2D eigenvalue weighted by Crippen LogP contribution is -2.24. The molecule has 0 bridgehead atoms. The summed E-state index contributed by atoms with van der Waals surface area (Å²) in [6.07, 6.45) is 0. The zero-order valence-corrected chi connectivity index (χ0v) is 15.9. The summed E-state index contributed by atoms with van der Waals surface area (Å²) >= 11 is 12.4. The van der Waals surface area contributed by atoms with Crippen molar-refractivity contribution in [3.8, 4) is 0 Å². The highest BCUT2D eigenvalue weighted by atomic mass is 35.5. The molecule has 4 nitrogen and oxygen atoms in total. The molecule has 0 unspecified atom stereocenters. The molecule has 6 heteroatoms. The average molecular weight is 353 g/mol. The fourth-order valence-corrected chi connectivity index (χ4v) is 2.66. The normalized spacial score (nSPS) is 11.5. The number of hydrogen-bond acceptors (Lipinski definition) is 4. The minimum Gasteiger partial charge on any atom is -0.378 e. The molecule has 0 aliphatic carbocycles. The lowest BCUT2D eigenvalue weighted by atomic mass is 9.84. The molecule has 0 aliphatic heterocycles. The van der Waals surface area contributed by atoms with Crippen molar-refractivity contribution < 1.29 is 0 Å². The van der Waals surface area contributed by atoms with Gasteiger partial charge in [0.1, 0.15) is 10.3 Å². The Bertz CT molecular complexity index is 652. The first-order chi connectivity index (χ1) is 10.6. The SMILES string of the molecule is CN(C)c1cc(Cl)nc(C(C)(C)c2cc(N(C)C)cc(Cl)n2)c1. The van der Waals surface area contributed by atoms with Crippen LogP contribution >= 0.6 is 23.2 Å². The second-order valence-corrected chi connectivity index (χ2v) is 7.25. The first-order valence-corrected chi connectivity index (χ1v) is 8.07. The minimum atomic E-state index is -0.425. The predicted molar refractivity (Wildman–Crippen MR) is 99.3 cm³/mol. The molecular formula is C17H22Cl2N4. The molecule has 2 aromatic heterocycles. The zero-order chi connectivity index (χ0) is 17.4. The van der Waals surface area contributed by atoms with Crippen molar-refractivity contribution in [2.24, 2.45) is 0 Å². The molecule has 0 fully saturated rings. The molecule has 23 heavy (non-hydrogen) atoms. The van der Waals surface area contributed by atoms with Crippen LogP contribution in [-0.2, 0) is 5.41 Å². The van der Waals surface area contributed by atoms with E-state index in [4.69, 9.17) is 23.2 Å². The number of pyridine rings is 2. The number of nitrogens with zero attached hydrogens (tertiary/aromatic N) is 4. The van der Waals surface area contributed by atoms with Crippen molar-refractivity contribution >= 4 is 34.6 Å². The Balaban J connectivity index is 2.58. The highest BCUT2D eigenvalue weighted by molar-refractivity contribution is 6.30. The maximum absolute atomic E-state index is 6.21. The van der Waals surface area contributed by atoms with Crippen molar-refractivity contribution in [2.75, 3.05) is 38.0 Å². The van der Waals surface area contributed by atoms with Gasteiger partial charge in [0.25, 0.3) is 0 Å². The molecule has 2 heterocycles. The maximum Gasteiger partial charge on any atom is 0.131 e. The van der Waals surface area contributed by atoms with Crippen LogP contribution in [0.1, 0.15) is 25.2 Å². The van der Waals surface area contributed by atoms with Gasteiger partial charge in [-0.05, 0) is 38.1 Å². The third-order valence-corrected chi connectivity index (χ3v) is 4.26. The average Bonchev–Trinajstić information content (AvgIpc) is 2.45. The summed E-state index contributed by atoms with van der Waals surface area (Å²) in [7, 11) is 7.91. The molecule has 0 aliphatic rings. The number of anilines is 2. The molecule has 0 aromatic carbocycles. The molecular weight excluding hydrogens is 331 g/mol. The van der Waals surface area contributed by atoms with Crippen molar-refractivity contribution in [3.63, 3.8) is 0 Å². The van der Waals surface area contributed by atoms with Gasteiger partial charge in [0.05, 0.1) is 11.4 Å². The summed E-state index contributed by atoms with van der Waals surface area (Å²) in [5, 5.41) is 0.934. The van der Waals surface area contributed by atoms with Crippen LogP contribution in [0.25, 0.3) is 0 Å². The van der Waals surface area contributed by atoms with E-state index in [0.717, 1.165) is 22.8 Å². The summed E-state index contributed by atoms with van der Waals surface area (Å²) in [5.74, 6) is 0. The number of rotatable bonds is 4. The van der Waals surface area contributed by atoms with E-state index in [0.29, 0.717) is 10.3 Å². The van der Waals surface area contributed by atoms with Gasteiger partial charge in [0.2, 0.25) is 0 Å². The Labute approximate surface area is 148 Å². The predicted octanol–water partition coefficient (Wildman–Crippen LogP) is 4.24. The molecule has 0 amide bonds.